The monoisotopic (exact) mass is 426 g/mol. The predicted octanol–water partition coefficient (Wildman–Crippen LogP) is 4.62. The molecule has 0 saturated carbocycles. The summed E-state index contributed by atoms with van der Waals surface area (Å²) in [5.74, 6) is -0.245. The lowest BCUT2D eigenvalue weighted by Gasteiger charge is -2.16. The van der Waals surface area contributed by atoms with Crippen molar-refractivity contribution in [3.05, 3.63) is 29.8 Å². The minimum atomic E-state index is -1.44. The van der Waals surface area contributed by atoms with Gasteiger partial charge in [-0.05, 0) is 24.5 Å². The molecule has 0 spiro atoms. The van der Waals surface area contributed by atoms with E-state index in [1.807, 2.05) is 12.1 Å². The van der Waals surface area contributed by atoms with Crippen molar-refractivity contribution in [1.82, 2.24) is 0 Å². The lowest BCUT2D eigenvalue weighted by molar-refractivity contribution is -0.452. The van der Waals surface area contributed by atoms with E-state index in [-0.39, 0.29) is 13.2 Å². The highest BCUT2D eigenvalue weighted by atomic mass is 28.3. The molecular weight excluding hydrogens is 392 g/mol. The molecule has 0 aliphatic rings. The summed E-state index contributed by atoms with van der Waals surface area (Å²) in [4.78, 5) is 32.0. The summed E-state index contributed by atoms with van der Waals surface area (Å²) in [5.41, 5.74) is 0.297. The van der Waals surface area contributed by atoms with Crippen LogP contribution in [0.15, 0.2) is 24.3 Å². The quantitative estimate of drug-likeness (QED) is 0.150. The number of carbonyl (C=O) groups is 2. The van der Waals surface area contributed by atoms with Crippen LogP contribution >= 0.6 is 0 Å². The number of benzene rings is 1. The highest BCUT2D eigenvalue weighted by Crippen LogP contribution is 2.12. The fourth-order valence-corrected chi connectivity index (χ4v) is 3.75. The average Bonchev–Trinajstić information content (AvgIpc) is 2.69. The molecule has 0 amide bonds. The van der Waals surface area contributed by atoms with Gasteiger partial charge in [-0.1, -0.05) is 70.1 Å². The Balaban J connectivity index is 2.18. The second-order valence-electron chi connectivity index (χ2n) is 7.94. The van der Waals surface area contributed by atoms with Gasteiger partial charge in [-0.2, -0.15) is 0 Å². The number of unbranched alkanes of at least 4 members (excludes halogenated alkanes) is 1. The van der Waals surface area contributed by atoms with Gasteiger partial charge >= 0.3 is 12.1 Å². The smallest absolute Gasteiger partial charge is 0.430 e. The van der Waals surface area contributed by atoms with Crippen molar-refractivity contribution in [1.29, 1.82) is 0 Å². The van der Waals surface area contributed by atoms with Crippen LogP contribution < -0.4 is 5.19 Å². The van der Waals surface area contributed by atoms with E-state index < -0.39 is 20.2 Å². The molecule has 0 saturated heterocycles. The molecule has 1 aromatic rings. The van der Waals surface area contributed by atoms with E-state index in [2.05, 4.69) is 48.3 Å². The summed E-state index contributed by atoms with van der Waals surface area (Å²) in [7, 11) is -1.44. The van der Waals surface area contributed by atoms with Crippen LogP contribution in [0.4, 0.5) is 4.79 Å². The molecule has 29 heavy (non-hydrogen) atoms. The Bertz CT molecular complexity index is 610. The van der Waals surface area contributed by atoms with Crippen LogP contribution in [0.5, 0.6) is 0 Å². The van der Waals surface area contributed by atoms with Gasteiger partial charge in [0.2, 0.25) is 0 Å². The first-order valence-electron chi connectivity index (χ1n) is 10.2. The fourth-order valence-electron chi connectivity index (χ4n) is 2.59. The van der Waals surface area contributed by atoms with Crippen molar-refractivity contribution < 1.29 is 33.9 Å². The summed E-state index contributed by atoms with van der Waals surface area (Å²) >= 11 is 0. The van der Waals surface area contributed by atoms with E-state index in [4.69, 9.17) is 9.47 Å². The normalized spacial score (nSPS) is 12.3. The Morgan fingerprint density at radius 1 is 1.00 bits per heavy atom. The number of rotatable bonds is 13. The van der Waals surface area contributed by atoms with E-state index in [9.17, 15) is 9.59 Å². The maximum atomic E-state index is 11.9. The summed E-state index contributed by atoms with van der Waals surface area (Å²) in [6.45, 7) is 11.9. The summed E-state index contributed by atoms with van der Waals surface area (Å²) < 4.78 is 10.3. The molecule has 164 valence electrons. The molecule has 1 rings (SSSR count). The summed E-state index contributed by atoms with van der Waals surface area (Å²) in [6, 6.07) is 7.09. The molecule has 0 heterocycles. The maximum absolute atomic E-state index is 11.9. The zero-order chi connectivity index (χ0) is 21.7. The van der Waals surface area contributed by atoms with Gasteiger partial charge in [0, 0.05) is 6.61 Å². The van der Waals surface area contributed by atoms with Crippen LogP contribution in [0.25, 0.3) is 0 Å². The molecule has 0 bridgehead atoms. The molecule has 0 N–H and O–H groups in total. The first-order chi connectivity index (χ1) is 13.8. The zero-order valence-corrected chi connectivity index (χ0v) is 19.2. The van der Waals surface area contributed by atoms with E-state index in [1.165, 1.54) is 18.0 Å². The van der Waals surface area contributed by atoms with Gasteiger partial charge in [0.15, 0.2) is 0 Å². The number of carbonyl (C=O) groups excluding carboxylic acids is 2. The highest BCUT2D eigenvalue weighted by Gasteiger charge is 2.18. The highest BCUT2D eigenvalue weighted by molar-refractivity contribution is 6.88. The molecule has 0 aliphatic heterocycles. The van der Waals surface area contributed by atoms with Crippen molar-refractivity contribution in [2.75, 3.05) is 19.8 Å². The standard InChI is InChI=1S/C21H34O7Si/c1-6-8-9-17(7-2)16-24-14-15-25-21(23)27-28-26-20(22)18-10-12-19(13-11-18)29(3,4)5/h10-13,17H,6-9,14-16H2,1-5H3. The van der Waals surface area contributed by atoms with Crippen molar-refractivity contribution in [3.63, 3.8) is 0 Å². The Morgan fingerprint density at radius 3 is 2.28 bits per heavy atom. The second kappa shape index (κ2) is 13.3. The Kier molecular flexibility index (Phi) is 11.6. The fraction of sp³-hybridized carbons (Fsp3) is 0.619. The van der Waals surface area contributed by atoms with Gasteiger partial charge < -0.3 is 9.47 Å². The molecule has 8 heteroatoms. The SMILES string of the molecule is CCCCC(CC)COCCOC(=O)OOOC(=O)c1ccc([Si](C)(C)C)cc1. The predicted molar refractivity (Wildman–Crippen MR) is 112 cm³/mol. The summed E-state index contributed by atoms with van der Waals surface area (Å²) in [6.07, 6.45) is 3.44. The number of ether oxygens (including phenoxy) is 2. The van der Waals surface area contributed by atoms with Crippen LogP contribution in [0.3, 0.4) is 0 Å². The van der Waals surface area contributed by atoms with E-state index in [0.29, 0.717) is 18.1 Å². The van der Waals surface area contributed by atoms with Crippen molar-refractivity contribution >= 4 is 25.4 Å². The van der Waals surface area contributed by atoms with Gasteiger partial charge in [0.25, 0.3) is 0 Å². The van der Waals surface area contributed by atoms with E-state index in [0.717, 1.165) is 12.8 Å². The second-order valence-corrected chi connectivity index (χ2v) is 13.0. The Morgan fingerprint density at radius 2 is 1.69 bits per heavy atom. The first-order valence-corrected chi connectivity index (χ1v) is 13.7. The van der Waals surface area contributed by atoms with Crippen molar-refractivity contribution in [3.8, 4) is 0 Å². The maximum Gasteiger partial charge on any atom is 0.543 e. The molecule has 1 aromatic carbocycles. The van der Waals surface area contributed by atoms with Gasteiger partial charge in [-0.3, -0.25) is 4.89 Å². The lowest BCUT2D eigenvalue weighted by atomic mass is 10.0. The number of hydrogen-bond acceptors (Lipinski definition) is 7. The van der Waals surface area contributed by atoms with Crippen LogP contribution in [0.2, 0.25) is 19.6 Å². The molecule has 7 nitrogen and oxygen atoms in total. The van der Waals surface area contributed by atoms with E-state index in [1.54, 1.807) is 12.1 Å². The Labute approximate surface area is 174 Å². The third-order valence-corrected chi connectivity index (χ3v) is 6.61. The lowest BCUT2D eigenvalue weighted by Crippen LogP contribution is -2.37. The van der Waals surface area contributed by atoms with Crippen LogP contribution in [0, 0.1) is 5.92 Å². The molecule has 1 atom stereocenters. The van der Waals surface area contributed by atoms with Gasteiger partial charge in [0.05, 0.1) is 25.3 Å². The average molecular weight is 427 g/mol. The van der Waals surface area contributed by atoms with Crippen LogP contribution in [-0.4, -0.2) is 40.0 Å². The van der Waals surface area contributed by atoms with Gasteiger partial charge in [0.1, 0.15) is 6.61 Å². The first kappa shape index (κ1) is 25.1. The third kappa shape index (κ3) is 10.4. The molecule has 0 aliphatic carbocycles. The van der Waals surface area contributed by atoms with Gasteiger partial charge in [-0.15, -0.1) is 0 Å². The largest absolute Gasteiger partial charge is 0.543 e. The molecule has 0 aromatic heterocycles. The van der Waals surface area contributed by atoms with Crippen molar-refractivity contribution in [2.45, 2.75) is 59.2 Å². The minimum Gasteiger partial charge on any atom is -0.430 e. The molecule has 1 unspecified atom stereocenters. The number of hydrogen-bond donors (Lipinski definition) is 0. The third-order valence-electron chi connectivity index (χ3n) is 4.54. The van der Waals surface area contributed by atoms with Crippen LogP contribution in [-0.2, 0) is 24.3 Å². The minimum absolute atomic E-state index is 0.0263. The zero-order valence-electron chi connectivity index (χ0n) is 18.2. The van der Waals surface area contributed by atoms with Crippen molar-refractivity contribution in [2.24, 2.45) is 5.92 Å². The molecule has 0 fully saturated rings. The van der Waals surface area contributed by atoms with E-state index >= 15 is 0 Å². The van der Waals surface area contributed by atoms with Crippen LogP contribution in [0.1, 0.15) is 49.9 Å². The van der Waals surface area contributed by atoms with Gasteiger partial charge in [-0.25, -0.2) is 14.5 Å². The topological polar surface area (TPSA) is 80.3 Å². The molecular formula is C21H34O7Si. The summed E-state index contributed by atoms with van der Waals surface area (Å²) in [5, 5.41) is 5.43. The molecule has 0 radical (unpaired) electrons. The Hall–Kier alpha value is -1.90.